The number of benzene rings is 1. The van der Waals surface area contributed by atoms with Gasteiger partial charge in [-0.3, -0.25) is 14.2 Å². The Kier molecular flexibility index (Phi) is 9.53. The summed E-state index contributed by atoms with van der Waals surface area (Å²) in [4.78, 5) is 53.2. The summed E-state index contributed by atoms with van der Waals surface area (Å²) in [5.41, 5.74) is 3.49. The first-order valence-corrected chi connectivity index (χ1v) is 17.6. The van der Waals surface area contributed by atoms with Crippen molar-refractivity contribution in [3.8, 4) is 0 Å². The number of aromatic nitrogens is 2. The maximum absolute atomic E-state index is 14.1. The molecule has 2 unspecified atom stereocenters. The van der Waals surface area contributed by atoms with Crippen LogP contribution in [0.25, 0.3) is 11.2 Å². The van der Waals surface area contributed by atoms with E-state index in [9.17, 15) is 14.4 Å². The van der Waals surface area contributed by atoms with Crippen LogP contribution >= 0.6 is 11.8 Å². The van der Waals surface area contributed by atoms with Crippen molar-refractivity contribution < 1.29 is 14.0 Å². The summed E-state index contributed by atoms with van der Waals surface area (Å²) in [6.45, 7) is 10.3. The van der Waals surface area contributed by atoms with Gasteiger partial charge in [-0.1, -0.05) is 39.0 Å². The first-order valence-electron chi connectivity index (χ1n) is 16.7. The van der Waals surface area contributed by atoms with E-state index >= 15 is 0 Å². The summed E-state index contributed by atoms with van der Waals surface area (Å²) >= 11 is 1.64. The number of fused-ring (bicyclic) bond motifs is 1. The highest BCUT2D eigenvalue weighted by Gasteiger charge is 2.44. The van der Waals surface area contributed by atoms with Gasteiger partial charge in [-0.25, -0.2) is 9.78 Å². The molecule has 0 bridgehead atoms. The van der Waals surface area contributed by atoms with E-state index in [1.54, 1.807) is 28.6 Å². The van der Waals surface area contributed by atoms with Gasteiger partial charge in [0, 0.05) is 68.7 Å². The number of amides is 2. The van der Waals surface area contributed by atoms with E-state index in [2.05, 4.69) is 73.9 Å². The molecular weight excluding hydrogens is 600 g/mol. The molecule has 2 aromatic heterocycles. The first kappa shape index (κ1) is 32.6. The molecule has 2 amide bonds. The Morgan fingerprint density at radius 2 is 1.72 bits per heavy atom. The fraction of sp³-hybridized carbons (Fsp3) is 0.600. The molecule has 6 rings (SSSR count). The number of piperidine rings is 2. The number of likely N-dealkylation sites (tertiary alicyclic amines) is 1. The number of anilines is 1. The molecule has 1 aromatic carbocycles. The molecule has 10 nitrogen and oxygen atoms in total. The SMILES string of the molecule is CN(C)C1CCN(c2ccccc2C2SC(CC(=O)N3CCC(n4c(=O)oc5ncccc54)CC3)C(=O)N2CCC(C)(C)C)CC1. The van der Waals surface area contributed by atoms with Gasteiger partial charge in [0.25, 0.3) is 0 Å². The van der Waals surface area contributed by atoms with Gasteiger partial charge in [-0.05, 0) is 69.8 Å². The van der Waals surface area contributed by atoms with Gasteiger partial charge >= 0.3 is 5.76 Å². The number of rotatable bonds is 8. The number of carbonyl (C=O) groups is 2. The van der Waals surface area contributed by atoms with Gasteiger partial charge in [0.2, 0.25) is 17.5 Å². The molecule has 2 atom stereocenters. The third-order valence-corrected chi connectivity index (χ3v) is 11.4. The van der Waals surface area contributed by atoms with E-state index in [4.69, 9.17) is 4.42 Å². The highest BCUT2D eigenvalue weighted by molar-refractivity contribution is 8.01. The second-order valence-electron chi connectivity index (χ2n) is 14.4. The number of thioether (sulfide) groups is 1. The Morgan fingerprint density at radius 3 is 2.41 bits per heavy atom. The molecule has 0 saturated carbocycles. The molecule has 3 fully saturated rings. The highest BCUT2D eigenvalue weighted by Crippen LogP contribution is 2.48. The minimum absolute atomic E-state index is 0.00540. The van der Waals surface area contributed by atoms with Crippen molar-refractivity contribution in [1.82, 2.24) is 24.3 Å². The second-order valence-corrected chi connectivity index (χ2v) is 15.7. The number of oxazole rings is 1. The van der Waals surface area contributed by atoms with Crippen molar-refractivity contribution in [1.29, 1.82) is 0 Å². The van der Waals surface area contributed by atoms with Crippen molar-refractivity contribution in [2.24, 2.45) is 5.41 Å². The molecular formula is C35H48N6O4S. The number of hydrogen-bond donors (Lipinski definition) is 0. The molecule has 0 N–H and O–H groups in total. The monoisotopic (exact) mass is 648 g/mol. The number of carbonyl (C=O) groups excluding carboxylic acids is 2. The Bertz CT molecular complexity index is 1600. The van der Waals surface area contributed by atoms with E-state index in [1.165, 1.54) is 11.3 Å². The van der Waals surface area contributed by atoms with Gasteiger partial charge in [-0.15, -0.1) is 11.8 Å². The largest absolute Gasteiger partial charge is 0.421 e. The van der Waals surface area contributed by atoms with Gasteiger partial charge in [-0.2, -0.15) is 0 Å². The van der Waals surface area contributed by atoms with Crippen molar-refractivity contribution in [3.63, 3.8) is 0 Å². The van der Waals surface area contributed by atoms with Gasteiger partial charge in [0.1, 0.15) is 10.9 Å². The Labute approximate surface area is 276 Å². The lowest BCUT2D eigenvalue weighted by molar-refractivity contribution is -0.136. The molecule has 3 aromatic rings. The molecule has 46 heavy (non-hydrogen) atoms. The predicted octanol–water partition coefficient (Wildman–Crippen LogP) is 5.15. The quantitative estimate of drug-likeness (QED) is 0.331. The van der Waals surface area contributed by atoms with E-state index in [1.807, 2.05) is 15.9 Å². The zero-order valence-electron chi connectivity index (χ0n) is 27.9. The minimum atomic E-state index is -0.422. The number of nitrogens with zero attached hydrogens (tertiary/aromatic N) is 6. The van der Waals surface area contributed by atoms with Crippen molar-refractivity contribution >= 4 is 40.5 Å². The average molecular weight is 649 g/mol. The molecule has 3 aliphatic heterocycles. The maximum atomic E-state index is 14.1. The third kappa shape index (κ3) is 6.86. The van der Waals surface area contributed by atoms with Crippen LogP contribution in [0, 0.1) is 5.41 Å². The molecule has 5 heterocycles. The zero-order chi connectivity index (χ0) is 32.6. The molecule has 3 saturated heterocycles. The average Bonchev–Trinajstić information content (AvgIpc) is 3.54. The van der Waals surface area contributed by atoms with Crippen molar-refractivity contribution in [2.45, 2.75) is 82.0 Å². The third-order valence-electron chi connectivity index (χ3n) is 9.91. The normalized spacial score (nSPS) is 22.0. The standard InChI is InChI=1S/C35H48N6O4S/c1-35(2,3)16-22-40-32(43)29(46-33(40)26-9-6-7-10-27(26)38-18-12-24(13-19-38)37(4)5)23-30(42)39-20-14-25(15-21-39)41-28-11-8-17-36-31(28)45-34(41)44/h6-11,17,24-25,29,33H,12-16,18-23H2,1-5H3. The van der Waals surface area contributed by atoms with Crippen LogP contribution < -0.4 is 10.7 Å². The van der Waals surface area contributed by atoms with Crippen LogP contribution in [0.4, 0.5) is 5.69 Å². The fourth-order valence-corrected chi connectivity index (χ4v) is 8.64. The Hall–Kier alpha value is -3.31. The van der Waals surface area contributed by atoms with Crippen LogP contribution in [-0.4, -0.2) is 94.2 Å². The lowest BCUT2D eigenvalue weighted by atomic mass is 9.92. The van der Waals surface area contributed by atoms with Crippen LogP contribution in [0.2, 0.25) is 0 Å². The Morgan fingerprint density at radius 1 is 1.00 bits per heavy atom. The maximum Gasteiger partial charge on any atom is 0.421 e. The van der Waals surface area contributed by atoms with Gasteiger partial charge in [0.05, 0.1) is 5.25 Å². The summed E-state index contributed by atoms with van der Waals surface area (Å²) in [5.74, 6) is -0.339. The van der Waals surface area contributed by atoms with Crippen molar-refractivity contribution in [2.75, 3.05) is 51.7 Å². The van der Waals surface area contributed by atoms with Crippen LogP contribution in [0.5, 0.6) is 0 Å². The van der Waals surface area contributed by atoms with E-state index in [-0.39, 0.29) is 35.1 Å². The van der Waals surface area contributed by atoms with Crippen LogP contribution in [0.1, 0.15) is 76.3 Å². The van der Waals surface area contributed by atoms with E-state index < -0.39 is 11.0 Å². The minimum Gasteiger partial charge on any atom is -0.389 e. The molecule has 0 spiro atoms. The summed E-state index contributed by atoms with van der Waals surface area (Å²) in [6, 6.07) is 12.7. The van der Waals surface area contributed by atoms with Crippen molar-refractivity contribution in [3.05, 3.63) is 58.7 Å². The topological polar surface area (TPSA) is 95.1 Å². The summed E-state index contributed by atoms with van der Waals surface area (Å²) < 4.78 is 7.03. The first-order chi connectivity index (χ1) is 22.0. The number of para-hydroxylation sites is 1. The van der Waals surface area contributed by atoms with Crippen LogP contribution in [-0.2, 0) is 9.59 Å². The smallest absolute Gasteiger partial charge is 0.389 e. The molecule has 3 aliphatic rings. The van der Waals surface area contributed by atoms with Gasteiger partial charge < -0.3 is 24.0 Å². The molecule has 248 valence electrons. The summed E-state index contributed by atoms with van der Waals surface area (Å²) in [7, 11) is 4.32. The highest BCUT2D eigenvalue weighted by atomic mass is 32.2. The van der Waals surface area contributed by atoms with E-state index in [0.29, 0.717) is 49.7 Å². The number of hydrogen-bond acceptors (Lipinski definition) is 8. The van der Waals surface area contributed by atoms with Crippen LogP contribution in [0.15, 0.2) is 51.8 Å². The predicted molar refractivity (Wildman–Crippen MR) is 183 cm³/mol. The van der Waals surface area contributed by atoms with Crippen LogP contribution in [0.3, 0.4) is 0 Å². The number of pyridine rings is 1. The van der Waals surface area contributed by atoms with Gasteiger partial charge in [0.15, 0.2) is 0 Å². The molecule has 11 heteroatoms. The summed E-state index contributed by atoms with van der Waals surface area (Å²) in [5, 5.41) is -0.551. The molecule has 0 radical (unpaired) electrons. The summed E-state index contributed by atoms with van der Waals surface area (Å²) in [6.07, 6.45) is 6.21. The second kappa shape index (κ2) is 13.4. The fourth-order valence-electron chi connectivity index (χ4n) is 7.14. The zero-order valence-corrected chi connectivity index (χ0v) is 28.7. The Balaban J connectivity index is 1.15. The van der Waals surface area contributed by atoms with E-state index in [0.717, 1.165) is 32.4 Å². The lowest BCUT2D eigenvalue weighted by Gasteiger charge is -2.38. The lowest BCUT2D eigenvalue weighted by Crippen LogP contribution is -2.42. The molecule has 0 aliphatic carbocycles.